The van der Waals surface area contributed by atoms with E-state index in [4.69, 9.17) is 0 Å². The Morgan fingerprint density at radius 3 is 2.62 bits per heavy atom. The van der Waals surface area contributed by atoms with E-state index in [-0.39, 0.29) is 10.5 Å². The van der Waals surface area contributed by atoms with Crippen LogP contribution in [0, 0.1) is 11.6 Å². The number of thiophene rings is 1. The van der Waals surface area contributed by atoms with Crippen molar-refractivity contribution in [3.05, 3.63) is 45.2 Å². The third-order valence-corrected chi connectivity index (χ3v) is 5.11. The van der Waals surface area contributed by atoms with Crippen molar-refractivity contribution in [2.75, 3.05) is 6.54 Å². The fourth-order valence-corrected chi connectivity index (χ4v) is 3.73. The monoisotopic (exact) mass is 373 g/mol. The Morgan fingerprint density at radius 2 is 1.95 bits per heavy atom. The van der Waals surface area contributed by atoms with Gasteiger partial charge in [-0.15, -0.1) is 11.3 Å². The van der Waals surface area contributed by atoms with Gasteiger partial charge in [-0.25, -0.2) is 8.78 Å². The van der Waals surface area contributed by atoms with Crippen LogP contribution in [0.4, 0.5) is 8.78 Å². The second-order valence-corrected chi connectivity index (χ2v) is 6.82. The number of halogens is 3. The fourth-order valence-electron chi connectivity index (χ4n) is 2.28. The van der Waals surface area contributed by atoms with Crippen LogP contribution >= 0.6 is 27.3 Å². The van der Waals surface area contributed by atoms with Crippen LogP contribution in [0.3, 0.4) is 0 Å². The van der Waals surface area contributed by atoms with Gasteiger partial charge in [0.25, 0.3) is 0 Å². The molecule has 0 aliphatic rings. The lowest BCUT2D eigenvalue weighted by molar-refractivity contribution is 0.516. The smallest absolute Gasteiger partial charge is 0.138 e. The maximum atomic E-state index is 14.0. The summed E-state index contributed by atoms with van der Waals surface area (Å²) in [6.07, 6.45) is 2.11. The molecule has 1 aromatic heterocycles. The van der Waals surface area contributed by atoms with E-state index in [1.807, 2.05) is 12.1 Å². The van der Waals surface area contributed by atoms with Gasteiger partial charge in [0, 0.05) is 21.4 Å². The summed E-state index contributed by atoms with van der Waals surface area (Å²) < 4.78 is 27.8. The lowest BCUT2D eigenvalue weighted by atomic mass is 10.1. The Morgan fingerprint density at radius 1 is 1.19 bits per heavy atom. The van der Waals surface area contributed by atoms with Crippen molar-refractivity contribution >= 4 is 27.3 Å². The summed E-state index contributed by atoms with van der Waals surface area (Å²) >= 11 is 4.52. The zero-order valence-corrected chi connectivity index (χ0v) is 14.5. The van der Waals surface area contributed by atoms with Gasteiger partial charge in [-0.3, -0.25) is 0 Å². The predicted octanol–water partition coefficient (Wildman–Crippen LogP) is 5.91. The third-order valence-electron chi connectivity index (χ3n) is 3.27. The average Bonchev–Trinajstić information content (AvgIpc) is 2.92. The minimum absolute atomic E-state index is 0.150. The van der Waals surface area contributed by atoms with Crippen LogP contribution in [0.25, 0.3) is 10.4 Å². The first-order chi connectivity index (χ1) is 10.1. The highest BCUT2D eigenvalue weighted by Gasteiger charge is 2.16. The maximum Gasteiger partial charge on any atom is 0.138 e. The SMILES string of the molecule is CCCC(NCC)c1ccc(-c2cc(F)c(Br)cc2F)s1. The van der Waals surface area contributed by atoms with Crippen molar-refractivity contribution in [2.24, 2.45) is 0 Å². The minimum Gasteiger partial charge on any atom is -0.310 e. The fraction of sp³-hybridized carbons (Fsp3) is 0.375. The second-order valence-electron chi connectivity index (χ2n) is 4.85. The van der Waals surface area contributed by atoms with Crippen LogP contribution in [0.2, 0.25) is 0 Å². The van der Waals surface area contributed by atoms with E-state index in [9.17, 15) is 8.78 Å². The summed E-state index contributed by atoms with van der Waals surface area (Å²) in [6, 6.07) is 6.57. The Hall–Kier alpha value is -0.780. The maximum absolute atomic E-state index is 14.0. The Balaban J connectivity index is 2.33. The Bertz CT molecular complexity index is 606. The van der Waals surface area contributed by atoms with Gasteiger partial charge in [-0.2, -0.15) is 0 Å². The summed E-state index contributed by atoms with van der Waals surface area (Å²) in [5, 5.41) is 3.43. The molecule has 1 aromatic carbocycles. The molecule has 2 aromatic rings. The van der Waals surface area contributed by atoms with Gasteiger partial charge in [-0.05, 0) is 53.2 Å². The molecular weight excluding hydrogens is 356 g/mol. The van der Waals surface area contributed by atoms with Crippen molar-refractivity contribution in [1.29, 1.82) is 0 Å². The largest absolute Gasteiger partial charge is 0.310 e. The molecule has 0 radical (unpaired) electrons. The molecule has 0 saturated carbocycles. The molecule has 1 heterocycles. The van der Waals surface area contributed by atoms with Crippen molar-refractivity contribution in [2.45, 2.75) is 32.7 Å². The van der Waals surface area contributed by atoms with Crippen LogP contribution in [0.1, 0.15) is 37.6 Å². The van der Waals surface area contributed by atoms with Crippen LogP contribution in [0.5, 0.6) is 0 Å². The number of rotatable bonds is 6. The molecule has 1 unspecified atom stereocenters. The molecule has 0 fully saturated rings. The highest BCUT2D eigenvalue weighted by molar-refractivity contribution is 9.10. The molecule has 0 aliphatic heterocycles. The summed E-state index contributed by atoms with van der Waals surface area (Å²) in [5.41, 5.74) is 0.318. The molecule has 0 amide bonds. The molecule has 0 saturated heterocycles. The van der Waals surface area contributed by atoms with Crippen molar-refractivity contribution in [1.82, 2.24) is 5.32 Å². The molecule has 5 heteroatoms. The van der Waals surface area contributed by atoms with E-state index in [0.717, 1.165) is 29.1 Å². The Labute approximate surface area is 136 Å². The number of hydrogen-bond donors (Lipinski definition) is 1. The average molecular weight is 374 g/mol. The molecule has 0 bridgehead atoms. The van der Waals surface area contributed by atoms with E-state index in [1.54, 1.807) is 0 Å². The standard InChI is InChI=1S/C16H18BrF2NS/c1-3-5-14(20-4-2)16-7-6-15(21-16)10-8-13(19)11(17)9-12(10)18/h6-9,14,20H,3-5H2,1-2H3. The molecule has 2 rings (SSSR count). The first-order valence-electron chi connectivity index (χ1n) is 7.04. The van der Waals surface area contributed by atoms with Gasteiger partial charge in [0.1, 0.15) is 11.6 Å². The molecule has 1 nitrogen and oxygen atoms in total. The van der Waals surface area contributed by atoms with Gasteiger partial charge in [0.15, 0.2) is 0 Å². The quantitative estimate of drug-likeness (QED) is 0.620. The highest BCUT2D eigenvalue weighted by Crippen LogP contribution is 2.35. The lowest BCUT2D eigenvalue weighted by Crippen LogP contribution is -2.19. The molecule has 0 aliphatic carbocycles. The molecule has 0 spiro atoms. The van der Waals surface area contributed by atoms with E-state index >= 15 is 0 Å². The zero-order valence-electron chi connectivity index (χ0n) is 12.1. The zero-order chi connectivity index (χ0) is 15.4. The first-order valence-corrected chi connectivity index (χ1v) is 8.65. The predicted molar refractivity (Wildman–Crippen MR) is 88.7 cm³/mol. The van der Waals surface area contributed by atoms with Crippen LogP contribution in [-0.2, 0) is 0 Å². The number of hydrogen-bond acceptors (Lipinski definition) is 2. The molecule has 1 N–H and O–H groups in total. The highest BCUT2D eigenvalue weighted by atomic mass is 79.9. The van der Waals surface area contributed by atoms with Gasteiger partial charge in [0.2, 0.25) is 0 Å². The van der Waals surface area contributed by atoms with Gasteiger partial charge < -0.3 is 5.32 Å². The van der Waals surface area contributed by atoms with Gasteiger partial charge in [0.05, 0.1) is 4.47 Å². The molecule has 21 heavy (non-hydrogen) atoms. The van der Waals surface area contributed by atoms with Crippen molar-refractivity contribution < 1.29 is 8.78 Å². The van der Waals surface area contributed by atoms with Gasteiger partial charge in [-0.1, -0.05) is 20.3 Å². The van der Waals surface area contributed by atoms with E-state index in [0.29, 0.717) is 5.56 Å². The second kappa shape index (κ2) is 7.47. The van der Waals surface area contributed by atoms with Crippen molar-refractivity contribution in [3.8, 4) is 10.4 Å². The summed E-state index contributed by atoms with van der Waals surface area (Å²) in [6.45, 7) is 5.10. The topological polar surface area (TPSA) is 12.0 Å². The number of benzene rings is 1. The minimum atomic E-state index is -0.446. The van der Waals surface area contributed by atoms with Crippen LogP contribution < -0.4 is 5.32 Å². The number of nitrogens with one attached hydrogen (secondary N) is 1. The van der Waals surface area contributed by atoms with Crippen molar-refractivity contribution in [3.63, 3.8) is 0 Å². The van der Waals surface area contributed by atoms with E-state index in [2.05, 4.69) is 35.1 Å². The third kappa shape index (κ3) is 3.90. The van der Waals surface area contributed by atoms with E-state index in [1.165, 1.54) is 23.5 Å². The molecular formula is C16H18BrF2NS. The van der Waals surface area contributed by atoms with E-state index < -0.39 is 11.6 Å². The summed E-state index contributed by atoms with van der Waals surface area (Å²) in [4.78, 5) is 1.92. The summed E-state index contributed by atoms with van der Waals surface area (Å²) in [7, 11) is 0. The first kappa shape index (κ1) is 16.6. The summed E-state index contributed by atoms with van der Waals surface area (Å²) in [5.74, 6) is -0.856. The lowest BCUT2D eigenvalue weighted by Gasteiger charge is -2.15. The van der Waals surface area contributed by atoms with Crippen LogP contribution in [-0.4, -0.2) is 6.54 Å². The molecule has 1 atom stereocenters. The molecule has 114 valence electrons. The Kier molecular flexibility index (Phi) is 5.90. The van der Waals surface area contributed by atoms with Crippen LogP contribution in [0.15, 0.2) is 28.7 Å². The van der Waals surface area contributed by atoms with Gasteiger partial charge >= 0.3 is 0 Å². The normalized spacial score (nSPS) is 12.6.